The number of hydrogen-bond acceptors (Lipinski definition) is 1. The van der Waals surface area contributed by atoms with Gasteiger partial charge in [0.25, 0.3) is 0 Å². The molecule has 0 saturated carbocycles. The highest BCUT2D eigenvalue weighted by atomic mass is 31.1. The molecule has 0 radical (unpaired) electrons. The molecule has 0 N–H and O–H groups in total. The van der Waals surface area contributed by atoms with Crippen molar-refractivity contribution < 1.29 is 0 Å². The fourth-order valence-corrected chi connectivity index (χ4v) is 3.81. The summed E-state index contributed by atoms with van der Waals surface area (Å²) in [6.07, 6.45) is 2.08. The van der Waals surface area contributed by atoms with Gasteiger partial charge in [0.05, 0.1) is 6.34 Å². The molecule has 0 amide bonds. The maximum Gasteiger partial charge on any atom is 0.0898 e. The normalized spacial score (nSPS) is 13.1. The Kier molecular flexibility index (Phi) is 7.22. The van der Waals surface area contributed by atoms with Crippen LogP contribution in [0.1, 0.15) is 55.4 Å². The highest BCUT2D eigenvalue weighted by Gasteiger charge is 2.16. The molecule has 0 spiro atoms. The third-order valence-electron chi connectivity index (χ3n) is 2.57. The summed E-state index contributed by atoms with van der Waals surface area (Å²) in [5.41, 5.74) is 1.35. The average Bonchev–Trinajstić information content (AvgIpc) is 2.09. The van der Waals surface area contributed by atoms with E-state index in [-0.39, 0.29) is 8.07 Å². The minimum atomic E-state index is -0.233. The summed E-state index contributed by atoms with van der Waals surface area (Å²) in [5.74, 6) is 0. The van der Waals surface area contributed by atoms with Gasteiger partial charge in [0.2, 0.25) is 0 Å². The van der Waals surface area contributed by atoms with Gasteiger partial charge in [-0.1, -0.05) is 27.7 Å². The summed E-state index contributed by atoms with van der Waals surface area (Å²) in [5, 5.41) is 0. The number of rotatable bonds is 6. The Hall–Kier alpha value is -0.100. The van der Waals surface area contributed by atoms with Crippen LogP contribution in [0.4, 0.5) is 0 Å². The van der Waals surface area contributed by atoms with Gasteiger partial charge in [0.1, 0.15) is 0 Å². The van der Waals surface area contributed by atoms with E-state index in [1.54, 1.807) is 0 Å². The van der Waals surface area contributed by atoms with Gasteiger partial charge < -0.3 is 4.90 Å². The zero-order chi connectivity index (χ0) is 12.9. The lowest BCUT2D eigenvalue weighted by atomic mass is 10.2. The molecular formula is C13H29N2P. The molecule has 0 saturated heterocycles. The second-order valence-corrected chi connectivity index (χ2v) is 8.49. The van der Waals surface area contributed by atoms with Gasteiger partial charge >= 0.3 is 0 Å². The van der Waals surface area contributed by atoms with Crippen LogP contribution < -0.4 is 0 Å². The molecule has 0 aliphatic heterocycles. The quantitative estimate of drug-likeness (QED) is 0.385. The zero-order valence-electron chi connectivity index (χ0n) is 12.2. The highest BCUT2D eigenvalue weighted by molar-refractivity contribution is 7.57. The molecule has 0 fully saturated rings. The number of nitrogens with zero attached hydrogens (tertiary/aromatic N) is 2. The van der Waals surface area contributed by atoms with E-state index >= 15 is 0 Å². The van der Waals surface area contributed by atoms with Crippen LogP contribution in [0.2, 0.25) is 0 Å². The van der Waals surface area contributed by atoms with Crippen molar-refractivity contribution in [3.63, 3.8) is 0 Å². The van der Waals surface area contributed by atoms with E-state index in [0.29, 0.717) is 23.4 Å². The maximum atomic E-state index is 4.83. The van der Waals surface area contributed by atoms with Crippen LogP contribution in [0, 0.1) is 0 Å². The van der Waals surface area contributed by atoms with Gasteiger partial charge in [0.15, 0.2) is 0 Å². The van der Waals surface area contributed by atoms with Gasteiger partial charge in [0, 0.05) is 20.2 Å². The summed E-state index contributed by atoms with van der Waals surface area (Å²) in [4.78, 5) is 2.33. The van der Waals surface area contributed by atoms with Crippen LogP contribution in [0.3, 0.4) is 0 Å². The van der Waals surface area contributed by atoms with Gasteiger partial charge in [-0.15, -0.1) is 0 Å². The van der Waals surface area contributed by atoms with Crippen LogP contribution in [0.5, 0.6) is 0 Å². The Morgan fingerprint density at radius 3 is 1.44 bits per heavy atom. The van der Waals surface area contributed by atoms with Crippen molar-refractivity contribution in [3.8, 4) is 0 Å². The minimum Gasteiger partial charge on any atom is -0.358 e. The average molecular weight is 244 g/mol. The summed E-state index contributed by atoms with van der Waals surface area (Å²) < 4.78 is 4.83. The molecule has 16 heavy (non-hydrogen) atoms. The molecule has 0 unspecified atom stereocenters. The van der Waals surface area contributed by atoms with Crippen molar-refractivity contribution >= 4 is 14.4 Å². The third kappa shape index (κ3) is 5.30. The molecule has 2 nitrogen and oxygen atoms in total. The number of hydrogen-bond donors (Lipinski definition) is 0. The van der Waals surface area contributed by atoms with E-state index in [1.807, 2.05) is 0 Å². The lowest BCUT2D eigenvalue weighted by Crippen LogP contribution is -2.35. The molecule has 0 bridgehead atoms. The molecule has 96 valence electrons. The first kappa shape index (κ1) is 15.9. The van der Waals surface area contributed by atoms with Crippen LogP contribution >= 0.6 is 8.07 Å². The molecule has 0 heterocycles. The van der Waals surface area contributed by atoms with Crippen molar-refractivity contribution in [2.75, 3.05) is 0 Å². The topological polar surface area (TPSA) is 15.6 Å². The van der Waals surface area contributed by atoms with Crippen LogP contribution in [-0.4, -0.2) is 34.6 Å². The Labute approximate surface area is 103 Å². The predicted molar refractivity (Wildman–Crippen MR) is 77.8 cm³/mol. The summed E-state index contributed by atoms with van der Waals surface area (Å²) in [6.45, 7) is 18.0. The van der Waals surface area contributed by atoms with Crippen molar-refractivity contribution in [2.45, 2.75) is 78.8 Å². The first-order valence-electron chi connectivity index (χ1n) is 6.37. The maximum absolute atomic E-state index is 4.83. The summed E-state index contributed by atoms with van der Waals surface area (Å²) in [7, 11) is -0.233. The Balaban J connectivity index is 4.63. The van der Waals surface area contributed by atoms with Crippen molar-refractivity contribution in [3.05, 3.63) is 0 Å². The molecule has 0 aliphatic rings. The summed E-state index contributed by atoms with van der Waals surface area (Å²) >= 11 is 0. The van der Waals surface area contributed by atoms with Crippen LogP contribution in [0.25, 0.3) is 0 Å². The second kappa shape index (κ2) is 7.27. The fourth-order valence-electron chi connectivity index (χ4n) is 1.85. The fraction of sp³-hybridized carbons (Fsp3) is 0.923. The van der Waals surface area contributed by atoms with E-state index in [2.05, 4.69) is 66.6 Å². The first-order valence-corrected chi connectivity index (χ1v) is 7.80. The minimum absolute atomic E-state index is 0.233. The van der Waals surface area contributed by atoms with Crippen LogP contribution in [0.15, 0.2) is 4.76 Å². The van der Waals surface area contributed by atoms with E-state index in [0.717, 1.165) is 0 Å². The van der Waals surface area contributed by atoms with Crippen molar-refractivity contribution in [2.24, 2.45) is 4.76 Å². The van der Waals surface area contributed by atoms with Gasteiger partial charge in [-0.2, -0.15) is 0 Å². The van der Waals surface area contributed by atoms with E-state index in [4.69, 9.17) is 4.76 Å². The first-order chi connectivity index (χ1) is 7.27. The standard InChI is InChI=1S/C13H29N2P/c1-10(2)15(11(3)4)9-14-16(12(5)6)13(7)8/h9-13H,1-8H3/b14-9+. The molecule has 0 aromatic carbocycles. The zero-order valence-corrected chi connectivity index (χ0v) is 13.1. The van der Waals surface area contributed by atoms with Crippen molar-refractivity contribution in [1.82, 2.24) is 4.90 Å². The molecule has 0 rings (SSSR count). The second-order valence-electron chi connectivity index (χ2n) is 5.43. The summed E-state index contributed by atoms with van der Waals surface area (Å²) in [6, 6.07) is 1.06. The molecule has 0 aromatic rings. The van der Waals surface area contributed by atoms with Gasteiger partial charge in [-0.3, -0.25) is 4.76 Å². The van der Waals surface area contributed by atoms with Gasteiger partial charge in [-0.25, -0.2) is 0 Å². The van der Waals surface area contributed by atoms with E-state index < -0.39 is 0 Å². The molecule has 0 aliphatic carbocycles. The Bertz CT molecular complexity index is 172. The molecule has 0 atom stereocenters. The SMILES string of the molecule is CC(C)N(/C=N/P(C(C)C)C(C)C)C(C)C. The molecule has 0 aromatic heterocycles. The van der Waals surface area contributed by atoms with E-state index in [1.165, 1.54) is 0 Å². The third-order valence-corrected chi connectivity index (χ3v) is 5.06. The Morgan fingerprint density at radius 2 is 1.19 bits per heavy atom. The molecule has 3 heteroatoms. The lowest BCUT2D eigenvalue weighted by molar-refractivity contribution is 0.302. The van der Waals surface area contributed by atoms with E-state index in [9.17, 15) is 0 Å². The largest absolute Gasteiger partial charge is 0.358 e. The monoisotopic (exact) mass is 244 g/mol. The van der Waals surface area contributed by atoms with Crippen molar-refractivity contribution in [1.29, 1.82) is 0 Å². The molecular weight excluding hydrogens is 215 g/mol. The smallest absolute Gasteiger partial charge is 0.0898 e. The predicted octanol–water partition coefficient (Wildman–Crippen LogP) is 4.35. The van der Waals surface area contributed by atoms with Gasteiger partial charge in [-0.05, 0) is 39.0 Å². The Morgan fingerprint density at radius 1 is 0.812 bits per heavy atom. The highest BCUT2D eigenvalue weighted by Crippen LogP contribution is 2.47. The lowest BCUT2D eigenvalue weighted by Gasteiger charge is -2.30. The van der Waals surface area contributed by atoms with Crippen LogP contribution in [-0.2, 0) is 0 Å².